The molecule has 0 unspecified atom stereocenters. The van der Waals surface area contributed by atoms with Crippen molar-refractivity contribution in [3.8, 4) is 33.4 Å². The third kappa shape index (κ3) is 3.97. The van der Waals surface area contributed by atoms with Crippen molar-refractivity contribution in [2.24, 2.45) is 0 Å². The van der Waals surface area contributed by atoms with Crippen molar-refractivity contribution in [2.75, 3.05) is 0 Å². The first kappa shape index (κ1) is 26.1. The van der Waals surface area contributed by atoms with Crippen molar-refractivity contribution in [2.45, 2.75) is 0 Å². The molecule has 1 heteroatoms. The Morgan fingerprint density at radius 1 is 0.277 bits per heavy atom. The maximum atomic E-state index is 6.18. The molecule has 0 fully saturated rings. The van der Waals surface area contributed by atoms with Crippen LogP contribution in [0.2, 0.25) is 0 Å². The average Bonchev–Trinajstić information content (AvgIpc) is 3.51. The van der Waals surface area contributed by atoms with E-state index in [1.54, 1.807) is 0 Å². The van der Waals surface area contributed by atoms with Crippen LogP contribution in [-0.2, 0) is 0 Å². The zero-order valence-electron chi connectivity index (χ0n) is 25.6. The Hall–Kier alpha value is -6.18. The van der Waals surface area contributed by atoms with Gasteiger partial charge in [-0.25, -0.2) is 0 Å². The lowest BCUT2D eigenvalue weighted by Gasteiger charge is -2.18. The molecular formula is C46H28O. The highest BCUT2D eigenvalue weighted by atomic mass is 16.3. The van der Waals surface area contributed by atoms with Gasteiger partial charge < -0.3 is 4.42 Å². The monoisotopic (exact) mass is 596 g/mol. The van der Waals surface area contributed by atoms with E-state index in [2.05, 4.69) is 158 Å². The molecule has 10 rings (SSSR count). The van der Waals surface area contributed by atoms with E-state index in [1.165, 1.54) is 76.5 Å². The minimum absolute atomic E-state index is 0.916. The Morgan fingerprint density at radius 3 is 1.53 bits per heavy atom. The van der Waals surface area contributed by atoms with E-state index in [4.69, 9.17) is 4.42 Å². The molecular weight excluding hydrogens is 569 g/mol. The summed E-state index contributed by atoms with van der Waals surface area (Å²) >= 11 is 0. The van der Waals surface area contributed by atoms with E-state index in [1.807, 2.05) is 12.1 Å². The third-order valence-corrected chi connectivity index (χ3v) is 9.87. The van der Waals surface area contributed by atoms with E-state index in [-0.39, 0.29) is 0 Å². The van der Waals surface area contributed by atoms with Crippen molar-refractivity contribution < 1.29 is 4.42 Å². The second kappa shape index (κ2) is 10.2. The van der Waals surface area contributed by atoms with Crippen LogP contribution in [0.3, 0.4) is 0 Å². The zero-order chi connectivity index (χ0) is 30.9. The fourth-order valence-corrected chi connectivity index (χ4v) is 7.74. The molecule has 218 valence electrons. The second-order valence-electron chi connectivity index (χ2n) is 12.4. The fraction of sp³-hybridized carbons (Fsp3) is 0. The standard InChI is InChI=1S/C46H28O/c1-2-11-33-29(10-1)24-26-36-34(17-9-18-35(33)36)30-20-22-31(23-21-30)45-38-13-3-5-15-40(38)46(41-16-6-4-14-39(41)45)32-25-27-44-42(28-32)37-12-7-8-19-43(37)47-44/h1-28H. The molecule has 0 aliphatic heterocycles. The molecule has 47 heavy (non-hydrogen) atoms. The average molecular weight is 597 g/mol. The summed E-state index contributed by atoms with van der Waals surface area (Å²) in [6.45, 7) is 0. The Labute approximate surface area is 271 Å². The molecule has 10 aromatic rings. The number of furan rings is 1. The maximum absolute atomic E-state index is 6.18. The molecule has 0 aliphatic rings. The summed E-state index contributed by atoms with van der Waals surface area (Å²) in [7, 11) is 0. The smallest absolute Gasteiger partial charge is 0.135 e. The van der Waals surface area contributed by atoms with Crippen LogP contribution in [0.15, 0.2) is 174 Å². The van der Waals surface area contributed by atoms with Crippen molar-refractivity contribution in [3.05, 3.63) is 170 Å². The normalized spacial score (nSPS) is 11.8. The SMILES string of the molecule is c1ccc2c(c1)ccc1c(-c3ccc(-c4c5ccccc5c(-c5ccc6oc7ccccc7c6c5)c5ccccc45)cc3)cccc12. The van der Waals surface area contributed by atoms with Crippen LogP contribution in [0.1, 0.15) is 0 Å². The Morgan fingerprint density at radius 2 is 0.809 bits per heavy atom. The lowest BCUT2D eigenvalue weighted by Crippen LogP contribution is -1.91. The summed E-state index contributed by atoms with van der Waals surface area (Å²) in [6.07, 6.45) is 0. The van der Waals surface area contributed by atoms with E-state index in [0.717, 1.165) is 21.9 Å². The summed E-state index contributed by atoms with van der Waals surface area (Å²) in [5, 5.41) is 12.4. The molecule has 0 spiro atoms. The number of hydrogen-bond donors (Lipinski definition) is 0. The van der Waals surface area contributed by atoms with Crippen LogP contribution in [-0.4, -0.2) is 0 Å². The molecule has 1 nitrogen and oxygen atoms in total. The first-order chi connectivity index (χ1) is 23.3. The van der Waals surface area contributed by atoms with Crippen LogP contribution in [0, 0.1) is 0 Å². The summed E-state index contributed by atoms with van der Waals surface area (Å²) in [5.74, 6) is 0. The highest BCUT2D eigenvalue weighted by Crippen LogP contribution is 2.45. The predicted molar refractivity (Wildman–Crippen MR) is 200 cm³/mol. The van der Waals surface area contributed by atoms with Crippen LogP contribution < -0.4 is 0 Å². The Bertz CT molecular complexity index is 2780. The highest BCUT2D eigenvalue weighted by Gasteiger charge is 2.18. The molecule has 9 aromatic carbocycles. The summed E-state index contributed by atoms with van der Waals surface area (Å²) in [6, 6.07) is 61.6. The molecule has 0 aliphatic carbocycles. The van der Waals surface area contributed by atoms with Crippen molar-refractivity contribution in [3.63, 3.8) is 0 Å². The molecule has 0 radical (unpaired) electrons. The second-order valence-corrected chi connectivity index (χ2v) is 12.4. The number of fused-ring (bicyclic) bond motifs is 8. The van der Waals surface area contributed by atoms with Gasteiger partial charge in [0, 0.05) is 10.8 Å². The van der Waals surface area contributed by atoms with Gasteiger partial charge >= 0.3 is 0 Å². The lowest BCUT2D eigenvalue weighted by molar-refractivity contribution is 0.669. The molecule has 1 heterocycles. The van der Waals surface area contributed by atoms with Gasteiger partial charge in [-0.3, -0.25) is 0 Å². The molecule has 0 bridgehead atoms. The zero-order valence-corrected chi connectivity index (χ0v) is 25.6. The summed E-state index contributed by atoms with van der Waals surface area (Å²) in [5.41, 5.74) is 9.26. The number of hydrogen-bond acceptors (Lipinski definition) is 1. The van der Waals surface area contributed by atoms with E-state index >= 15 is 0 Å². The minimum Gasteiger partial charge on any atom is -0.456 e. The van der Waals surface area contributed by atoms with Gasteiger partial charge in [-0.05, 0) is 94.7 Å². The van der Waals surface area contributed by atoms with Gasteiger partial charge in [0.15, 0.2) is 0 Å². The van der Waals surface area contributed by atoms with Crippen LogP contribution in [0.5, 0.6) is 0 Å². The van der Waals surface area contributed by atoms with Crippen LogP contribution >= 0.6 is 0 Å². The topological polar surface area (TPSA) is 13.1 Å². The van der Waals surface area contributed by atoms with E-state index in [9.17, 15) is 0 Å². The lowest BCUT2D eigenvalue weighted by atomic mass is 9.85. The molecule has 0 amide bonds. The molecule has 0 N–H and O–H groups in total. The van der Waals surface area contributed by atoms with Crippen LogP contribution in [0.4, 0.5) is 0 Å². The van der Waals surface area contributed by atoms with Gasteiger partial charge in [0.05, 0.1) is 0 Å². The molecule has 0 atom stereocenters. The van der Waals surface area contributed by atoms with Gasteiger partial charge in [-0.2, -0.15) is 0 Å². The minimum atomic E-state index is 0.916. The van der Waals surface area contributed by atoms with Crippen molar-refractivity contribution in [1.29, 1.82) is 0 Å². The van der Waals surface area contributed by atoms with Gasteiger partial charge in [0.2, 0.25) is 0 Å². The molecule has 0 saturated heterocycles. The first-order valence-corrected chi connectivity index (χ1v) is 16.2. The van der Waals surface area contributed by atoms with Gasteiger partial charge in [0.1, 0.15) is 11.2 Å². The van der Waals surface area contributed by atoms with E-state index < -0.39 is 0 Å². The van der Waals surface area contributed by atoms with E-state index in [0.29, 0.717) is 0 Å². The fourth-order valence-electron chi connectivity index (χ4n) is 7.74. The van der Waals surface area contributed by atoms with Crippen LogP contribution in [0.25, 0.3) is 98.4 Å². The number of benzene rings is 9. The Balaban J connectivity index is 1.17. The third-order valence-electron chi connectivity index (χ3n) is 9.87. The molecule has 0 saturated carbocycles. The molecule has 1 aromatic heterocycles. The maximum Gasteiger partial charge on any atom is 0.135 e. The van der Waals surface area contributed by atoms with Gasteiger partial charge in [0.25, 0.3) is 0 Å². The van der Waals surface area contributed by atoms with Crippen molar-refractivity contribution >= 4 is 65.0 Å². The van der Waals surface area contributed by atoms with Crippen molar-refractivity contribution in [1.82, 2.24) is 0 Å². The highest BCUT2D eigenvalue weighted by molar-refractivity contribution is 6.22. The Kier molecular flexibility index (Phi) is 5.64. The largest absolute Gasteiger partial charge is 0.456 e. The first-order valence-electron chi connectivity index (χ1n) is 16.2. The number of rotatable bonds is 3. The van der Waals surface area contributed by atoms with Gasteiger partial charge in [-0.15, -0.1) is 0 Å². The quantitative estimate of drug-likeness (QED) is 0.146. The van der Waals surface area contributed by atoms with Gasteiger partial charge in [-0.1, -0.05) is 152 Å². The predicted octanol–water partition coefficient (Wildman–Crippen LogP) is 13.2. The summed E-state index contributed by atoms with van der Waals surface area (Å²) in [4.78, 5) is 0. The summed E-state index contributed by atoms with van der Waals surface area (Å²) < 4.78 is 6.18. The number of para-hydroxylation sites is 1.